The number of rotatable bonds is 6. The van der Waals surface area contributed by atoms with Crippen molar-refractivity contribution in [2.24, 2.45) is 0 Å². The van der Waals surface area contributed by atoms with Gasteiger partial charge in [0.05, 0.1) is 10.5 Å². The van der Waals surface area contributed by atoms with Crippen LogP contribution in [-0.4, -0.2) is 21.6 Å². The Balaban J connectivity index is 1.93. The van der Waals surface area contributed by atoms with Crippen molar-refractivity contribution in [1.82, 2.24) is 4.72 Å². The fraction of sp³-hybridized carbons (Fsp3) is 0.200. The normalized spacial score (nSPS) is 12.2. The highest BCUT2D eigenvalue weighted by molar-refractivity contribution is 7.89. The molecule has 0 aromatic heterocycles. The highest BCUT2D eigenvalue weighted by Gasteiger charge is 2.30. The Bertz CT molecular complexity index is 789. The van der Waals surface area contributed by atoms with Gasteiger partial charge in [-0.1, -0.05) is 12.1 Å². The first-order valence-corrected chi connectivity index (χ1v) is 8.23. The monoisotopic (exact) mass is 363 g/mol. The van der Waals surface area contributed by atoms with E-state index in [2.05, 4.69) is 4.72 Å². The van der Waals surface area contributed by atoms with Crippen LogP contribution in [0.4, 0.5) is 17.6 Å². The van der Waals surface area contributed by atoms with E-state index >= 15 is 0 Å². The minimum absolute atomic E-state index is 0.0220. The number of alkyl halides is 3. The number of halogens is 4. The Kier molecular flexibility index (Phi) is 5.45. The number of hydrogen-bond acceptors (Lipinski definition) is 3. The molecule has 130 valence electrons. The SMILES string of the molecule is O=S(=O)(NCCOc1ccccc1F)c1ccc(C(F)(F)F)cc1. The zero-order valence-electron chi connectivity index (χ0n) is 12.2. The van der Waals surface area contributed by atoms with Crippen molar-refractivity contribution < 1.29 is 30.7 Å². The zero-order valence-corrected chi connectivity index (χ0v) is 13.0. The Morgan fingerprint density at radius 2 is 1.62 bits per heavy atom. The summed E-state index contributed by atoms with van der Waals surface area (Å²) < 4.78 is 81.8. The number of sulfonamides is 1. The fourth-order valence-electron chi connectivity index (χ4n) is 1.81. The summed E-state index contributed by atoms with van der Waals surface area (Å²) in [5.41, 5.74) is -0.940. The molecule has 1 N–H and O–H groups in total. The van der Waals surface area contributed by atoms with Crippen molar-refractivity contribution in [3.8, 4) is 5.75 Å². The van der Waals surface area contributed by atoms with Gasteiger partial charge in [0.15, 0.2) is 11.6 Å². The average Bonchev–Trinajstić information content (AvgIpc) is 2.52. The average molecular weight is 363 g/mol. The van der Waals surface area contributed by atoms with Gasteiger partial charge in [0, 0.05) is 6.54 Å². The van der Waals surface area contributed by atoms with Crippen molar-refractivity contribution >= 4 is 10.0 Å². The topological polar surface area (TPSA) is 55.4 Å². The van der Waals surface area contributed by atoms with E-state index in [-0.39, 0.29) is 23.8 Å². The molecule has 9 heteroatoms. The summed E-state index contributed by atoms with van der Waals surface area (Å²) in [5, 5.41) is 0. The molecule has 0 saturated carbocycles. The van der Waals surface area contributed by atoms with Gasteiger partial charge in [0.2, 0.25) is 10.0 Å². The van der Waals surface area contributed by atoms with Gasteiger partial charge in [-0.15, -0.1) is 0 Å². The molecule has 0 aliphatic heterocycles. The van der Waals surface area contributed by atoms with Gasteiger partial charge in [-0.05, 0) is 36.4 Å². The molecule has 2 aromatic rings. The maximum absolute atomic E-state index is 13.3. The van der Waals surface area contributed by atoms with Crippen molar-refractivity contribution in [1.29, 1.82) is 0 Å². The quantitative estimate of drug-likeness (QED) is 0.633. The molecule has 0 aliphatic rings. The fourth-order valence-corrected chi connectivity index (χ4v) is 2.82. The van der Waals surface area contributed by atoms with Crippen LogP contribution in [0.5, 0.6) is 5.75 Å². The summed E-state index contributed by atoms with van der Waals surface area (Å²) in [6, 6.07) is 8.72. The lowest BCUT2D eigenvalue weighted by atomic mass is 10.2. The van der Waals surface area contributed by atoms with Gasteiger partial charge in [-0.25, -0.2) is 17.5 Å². The standard InChI is InChI=1S/C15H13F4NO3S/c16-13-3-1-2-4-14(13)23-10-9-20-24(21,22)12-7-5-11(6-8-12)15(17,18)19/h1-8,20H,9-10H2. The third-order valence-corrected chi connectivity index (χ3v) is 4.46. The number of hydrogen-bond donors (Lipinski definition) is 1. The van der Waals surface area contributed by atoms with Crippen LogP contribution in [0.2, 0.25) is 0 Å². The summed E-state index contributed by atoms with van der Waals surface area (Å²) >= 11 is 0. The molecule has 0 fully saturated rings. The Hall–Kier alpha value is -2.13. The molecule has 4 nitrogen and oxygen atoms in total. The van der Waals surface area contributed by atoms with Crippen LogP contribution in [0, 0.1) is 5.82 Å². The molecular formula is C15H13F4NO3S. The molecular weight excluding hydrogens is 350 g/mol. The Morgan fingerprint density at radius 3 is 2.21 bits per heavy atom. The second-order valence-electron chi connectivity index (χ2n) is 4.70. The van der Waals surface area contributed by atoms with Crippen molar-refractivity contribution in [2.75, 3.05) is 13.2 Å². The zero-order chi connectivity index (χ0) is 17.8. The summed E-state index contributed by atoms with van der Waals surface area (Å²) in [6.45, 7) is -0.307. The van der Waals surface area contributed by atoms with Gasteiger partial charge in [-0.3, -0.25) is 0 Å². The first-order chi connectivity index (χ1) is 11.2. The lowest BCUT2D eigenvalue weighted by Gasteiger charge is -2.10. The van der Waals surface area contributed by atoms with Crippen LogP contribution < -0.4 is 9.46 Å². The van der Waals surface area contributed by atoms with E-state index in [0.29, 0.717) is 12.1 Å². The van der Waals surface area contributed by atoms with E-state index < -0.39 is 27.6 Å². The first kappa shape index (κ1) is 18.2. The smallest absolute Gasteiger partial charge is 0.416 e. The van der Waals surface area contributed by atoms with Gasteiger partial charge in [0.1, 0.15) is 6.61 Å². The summed E-state index contributed by atoms with van der Waals surface area (Å²) in [5.74, 6) is -0.602. The number of para-hydroxylation sites is 1. The molecule has 24 heavy (non-hydrogen) atoms. The largest absolute Gasteiger partial charge is 0.489 e. The van der Waals surface area contributed by atoms with Crippen LogP contribution in [0.3, 0.4) is 0 Å². The molecule has 2 rings (SSSR count). The Morgan fingerprint density at radius 1 is 1.00 bits per heavy atom. The van der Waals surface area contributed by atoms with Crippen molar-refractivity contribution in [2.45, 2.75) is 11.1 Å². The second kappa shape index (κ2) is 7.18. The molecule has 0 saturated heterocycles. The minimum atomic E-state index is -4.54. The van der Waals surface area contributed by atoms with E-state index in [9.17, 15) is 26.0 Å². The van der Waals surface area contributed by atoms with E-state index in [0.717, 1.165) is 12.1 Å². The third-order valence-electron chi connectivity index (χ3n) is 2.98. The molecule has 0 spiro atoms. The molecule has 0 bridgehead atoms. The number of nitrogens with one attached hydrogen (secondary N) is 1. The number of ether oxygens (including phenoxy) is 1. The molecule has 0 atom stereocenters. The predicted molar refractivity (Wildman–Crippen MR) is 78.5 cm³/mol. The minimum Gasteiger partial charge on any atom is -0.489 e. The van der Waals surface area contributed by atoms with Crippen LogP contribution in [0.15, 0.2) is 53.4 Å². The summed E-state index contributed by atoms with van der Waals surface area (Å²) in [4.78, 5) is -0.304. The van der Waals surface area contributed by atoms with Crippen LogP contribution in [0.1, 0.15) is 5.56 Å². The van der Waals surface area contributed by atoms with Crippen LogP contribution >= 0.6 is 0 Å². The van der Waals surface area contributed by atoms with Gasteiger partial charge >= 0.3 is 6.18 Å². The molecule has 0 aliphatic carbocycles. The van der Waals surface area contributed by atoms with Gasteiger partial charge in [0.25, 0.3) is 0 Å². The predicted octanol–water partition coefficient (Wildman–Crippen LogP) is 3.20. The van der Waals surface area contributed by atoms with E-state index in [1.807, 2.05) is 0 Å². The lowest BCUT2D eigenvalue weighted by molar-refractivity contribution is -0.137. The lowest BCUT2D eigenvalue weighted by Crippen LogP contribution is -2.28. The molecule has 2 aromatic carbocycles. The van der Waals surface area contributed by atoms with Gasteiger partial charge < -0.3 is 4.74 Å². The molecule has 0 heterocycles. The van der Waals surface area contributed by atoms with Crippen LogP contribution in [-0.2, 0) is 16.2 Å². The van der Waals surface area contributed by atoms with E-state index in [4.69, 9.17) is 4.74 Å². The number of benzene rings is 2. The van der Waals surface area contributed by atoms with Crippen molar-refractivity contribution in [3.05, 3.63) is 59.9 Å². The third kappa shape index (κ3) is 4.68. The first-order valence-electron chi connectivity index (χ1n) is 6.74. The molecule has 0 unspecified atom stereocenters. The summed E-state index contributed by atoms with van der Waals surface area (Å²) in [7, 11) is -3.98. The highest BCUT2D eigenvalue weighted by atomic mass is 32.2. The van der Waals surface area contributed by atoms with E-state index in [1.54, 1.807) is 6.07 Å². The van der Waals surface area contributed by atoms with Crippen molar-refractivity contribution in [3.63, 3.8) is 0 Å². The maximum atomic E-state index is 13.3. The highest BCUT2D eigenvalue weighted by Crippen LogP contribution is 2.29. The Labute approximate surface area is 136 Å². The second-order valence-corrected chi connectivity index (χ2v) is 6.47. The van der Waals surface area contributed by atoms with E-state index in [1.165, 1.54) is 18.2 Å². The van der Waals surface area contributed by atoms with Gasteiger partial charge in [-0.2, -0.15) is 13.2 Å². The molecule has 0 amide bonds. The molecule has 0 radical (unpaired) electrons. The van der Waals surface area contributed by atoms with Crippen LogP contribution in [0.25, 0.3) is 0 Å². The summed E-state index contributed by atoms with van der Waals surface area (Å²) in [6.07, 6.45) is -4.54. The maximum Gasteiger partial charge on any atom is 0.416 e.